The first-order valence-corrected chi connectivity index (χ1v) is 12.1. The van der Waals surface area contributed by atoms with Gasteiger partial charge in [0.15, 0.2) is 0 Å². The van der Waals surface area contributed by atoms with Gasteiger partial charge in [-0.3, -0.25) is 14.7 Å². The summed E-state index contributed by atoms with van der Waals surface area (Å²) in [6.07, 6.45) is 8.65. The van der Waals surface area contributed by atoms with Crippen molar-refractivity contribution < 1.29 is 14.3 Å². The fourth-order valence-electron chi connectivity index (χ4n) is 5.71. The number of hydrogen-bond donors (Lipinski definition) is 1. The summed E-state index contributed by atoms with van der Waals surface area (Å²) in [5, 5.41) is 3.27. The topological polar surface area (TPSA) is 66.9 Å². The molecule has 0 spiro atoms. The van der Waals surface area contributed by atoms with Crippen LogP contribution < -0.4 is 10.1 Å². The van der Waals surface area contributed by atoms with Gasteiger partial charge in [0.25, 0.3) is 0 Å². The Balaban J connectivity index is 1.32. The number of piperidine rings is 1. The SMILES string of the molecule is CCN1CC[C@@H]2C[C@@H](N3CCOCC3)CC[C@@]2(C(=O)NCCCOc2cccnc2)C1. The molecule has 1 N–H and O–H groups in total. The molecule has 1 aromatic heterocycles. The summed E-state index contributed by atoms with van der Waals surface area (Å²) in [5.74, 6) is 1.51. The lowest BCUT2D eigenvalue weighted by molar-refractivity contribution is -0.144. The second-order valence-corrected chi connectivity index (χ2v) is 9.23. The van der Waals surface area contributed by atoms with Crippen molar-refractivity contribution in [3.63, 3.8) is 0 Å². The van der Waals surface area contributed by atoms with E-state index in [1.165, 1.54) is 0 Å². The maximum atomic E-state index is 13.5. The molecule has 4 rings (SSSR count). The van der Waals surface area contributed by atoms with Crippen LogP contribution in [0.1, 0.15) is 39.0 Å². The van der Waals surface area contributed by atoms with E-state index in [1.54, 1.807) is 12.4 Å². The maximum Gasteiger partial charge on any atom is 0.227 e. The number of morpholine rings is 1. The molecule has 3 atom stereocenters. The van der Waals surface area contributed by atoms with E-state index in [-0.39, 0.29) is 11.3 Å². The molecule has 1 saturated carbocycles. The van der Waals surface area contributed by atoms with Gasteiger partial charge in [0, 0.05) is 38.4 Å². The zero-order valence-corrected chi connectivity index (χ0v) is 18.9. The van der Waals surface area contributed by atoms with E-state index in [0.29, 0.717) is 25.1 Å². The number of carbonyl (C=O) groups is 1. The highest BCUT2D eigenvalue weighted by atomic mass is 16.5. The van der Waals surface area contributed by atoms with Crippen LogP contribution in [0.2, 0.25) is 0 Å². The molecule has 7 heteroatoms. The second kappa shape index (κ2) is 10.7. The average Bonchev–Trinajstić information content (AvgIpc) is 2.84. The van der Waals surface area contributed by atoms with Gasteiger partial charge in [0.1, 0.15) is 5.75 Å². The molecular formula is C24H38N4O3. The minimum atomic E-state index is -0.235. The summed E-state index contributed by atoms with van der Waals surface area (Å²) in [4.78, 5) is 22.6. The molecule has 0 radical (unpaired) electrons. The molecule has 0 aromatic carbocycles. The molecule has 172 valence electrons. The highest BCUT2D eigenvalue weighted by Gasteiger charge is 2.52. The Hall–Kier alpha value is -1.70. The number of likely N-dealkylation sites (tertiary alicyclic amines) is 1. The van der Waals surface area contributed by atoms with E-state index in [9.17, 15) is 4.79 Å². The number of nitrogens with one attached hydrogen (secondary N) is 1. The average molecular weight is 431 g/mol. The molecule has 0 bridgehead atoms. The molecule has 31 heavy (non-hydrogen) atoms. The summed E-state index contributed by atoms with van der Waals surface area (Å²) in [6.45, 7) is 10.3. The number of rotatable bonds is 8. The van der Waals surface area contributed by atoms with Gasteiger partial charge in [0.2, 0.25) is 5.91 Å². The van der Waals surface area contributed by atoms with Gasteiger partial charge >= 0.3 is 0 Å². The molecular weight excluding hydrogens is 392 g/mol. The maximum absolute atomic E-state index is 13.5. The summed E-state index contributed by atoms with van der Waals surface area (Å²) in [6, 6.07) is 4.38. The van der Waals surface area contributed by atoms with E-state index >= 15 is 0 Å². The Morgan fingerprint density at radius 1 is 1.32 bits per heavy atom. The fourth-order valence-corrected chi connectivity index (χ4v) is 5.71. The van der Waals surface area contributed by atoms with Crippen LogP contribution in [-0.2, 0) is 9.53 Å². The van der Waals surface area contributed by atoms with Crippen molar-refractivity contribution in [1.29, 1.82) is 0 Å². The third-order valence-electron chi connectivity index (χ3n) is 7.53. The standard InChI is InChI=1S/C24H38N4O3/c1-2-27-11-7-20-17-21(28-12-15-30-16-13-28)6-8-24(20,19-27)23(29)26-10-4-14-31-22-5-3-9-25-18-22/h3,5,9,18,20-21H,2,4,6-8,10-17,19H2,1H3,(H,26,29)/t20-,21+,24-/m1/s1. The monoisotopic (exact) mass is 430 g/mol. The largest absolute Gasteiger partial charge is 0.492 e. The Labute approximate surface area is 186 Å². The minimum absolute atomic E-state index is 0.235. The van der Waals surface area contributed by atoms with Crippen LogP contribution in [0.3, 0.4) is 0 Å². The van der Waals surface area contributed by atoms with Crippen LogP contribution in [-0.4, -0.2) is 85.8 Å². The zero-order chi connectivity index (χ0) is 21.5. The number of aromatic nitrogens is 1. The van der Waals surface area contributed by atoms with Gasteiger partial charge in [-0.25, -0.2) is 0 Å². The summed E-state index contributed by atoms with van der Waals surface area (Å²) in [7, 11) is 0. The molecule has 3 fully saturated rings. The van der Waals surface area contributed by atoms with Crippen molar-refractivity contribution in [2.24, 2.45) is 11.3 Å². The lowest BCUT2D eigenvalue weighted by Gasteiger charge is -2.53. The van der Waals surface area contributed by atoms with Gasteiger partial charge in [-0.2, -0.15) is 0 Å². The van der Waals surface area contributed by atoms with Crippen molar-refractivity contribution in [3.8, 4) is 5.75 Å². The molecule has 3 aliphatic rings. The Morgan fingerprint density at radius 3 is 2.97 bits per heavy atom. The first-order chi connectivity index (χ1) is 15.2. The summed E-state index contributed by atoms with van der Waals surface area (Å²) >= 11 is 0. The van der Waals surface area contributed by atoms with E-state index in [4.69, 9.17) is 9.47 Å². The van der Waals surface area contributed by atoms with E-state index in [2.05, 4.69) is 27.0 Å². The Bertz CT molecular complexity index is 697. The zero-order valence-electron chi connectivity index (χ0n) is 18.9. The van der Waals surface area contributed by atoms with Crippen LogP contribution >= 0.6 is 0 Å². The van der Waals surface area contributed by atoms with Crippen LogP contribution in [0.5, 0.6) is 5.75 Å². The van der Waals surface area contributed by atoms with Crippen molar-refractivity contribution in [2.45, 2.75) is 45.1 Å². The lowest BCUT2D eigenvalue weighted by Crippen LogP contribution is -2.60. The van der Waals surface area contributed by atoms with Gasteiger partial charge in [0.05, 0.1) is 31.4 Å². The molecule has 1 aliphatic carbocycles. The Kier molecular flexibility index (Phi) is 7.80. The van der Waals surface area contributed by atoms with Crippen LogP contribution in [0.4, 0.5) is 0 Å². The highest BCUT2D eigenvalue weighted by Crippen LogP contribution is 2.47. The fraction of sp³-hybridized carbons (Fsp3) is 0.750. The summed E-state index contributed by atoms with van der Waals surface area (Å²) in [5.41, 5.74) is -0.235. The molecule has 2 saturated heterocycles. The van der Waals surface area contributed by atoms with Crippen molar-refractivity contribution >= 4 is 5.91 Å². The predicted molar refractivity (Wildman–Crippen MR) is 120 cm³/mol. The molecule has 7 nitrogen and oxygen atoms in total. The number of hydrogen-bond acceptors (Lipinski definition) is 6. The third kappa shape index (κ3) is 5.38. The van der Waals surface area contributed by atoms with Crippen LogP contribution in [0.15, 0.2) is 24.5 Å². The predicted octanol–water partition coefficient (Wildman–Crippen LogP) is 2.18. The normalized spacial score (nSPS) is 29.8. The van der Waals surface area contributed by atoms with Crippen molar-refractivity contribution in [3.05, 3.63) is 24.5 Å². The molecule has 2 aliphatic heterocycles. The van der Waals surface area contributed by atoms with E-state index in [0.717, 1.165) is 83.8 Å². The van der Waals surface area contributed by atoms with E-state index in [1.807, 2.05) is 12.1 Å². The van der Waals surface area contributed by atoms with Gasteiger partial charge in [-0.15, -0.1) is 0 Å². The molecule has 0 unspecified atom stereocenters. The quantitative estimate of drug-likeness (QED) is 0.638. The number of pyridine rings is 1. The third-order valence-corrected chi connectivity index (χ3v) is 7.53. The molecule has 3 heterocycles. The molecule has 1 amide bonds. The van der Waals surface area contributed by atoms with Gasteiger partial charge in [-0.05, 0) is 63.2 Å². The minimum Gasteiger partial charge on any atom is -0.492 e. The number of carbonyl (C=O) groups excluding carboxylic acids is 1. The highest BCUT2D eigenvalue weighted by molar-refractivity contribution is 5.83. The lowest BCUT2D eigenvalue weighted by atomic mass is 9.61. The summed E-state index contributed by atoms with van der Waals surface area (Å²) < 4.78 is 11.3. The first kappa shape index (κ1) is 22.5. The number of nitrogens with zero attached hydrogens (tertiary/aromatic N) is 3. The number of fused-ring (bicyclic) bond motifs is 1. The van der Waals surface area contributed by atoms with Gasteiger partial charge < -0.3 is 19.7 Å². The smallest absolute Gasteiger partial charge is 0.227 e. The number of ether oxygens (including phenoxy) is 2. The first-order valence-electron chi connectivity index (χ1n) is 12.1. The molecule has 1 aromatic rings. The van der Waals surface area contributed by atoms with Crippen molar-refractivity contribution in [2.75, 3.05) is 59.1 Å². The van der Waals surface area contributed by atoms with Crippen LogP contribution in [0, 0.1) is 11.3 Å². The van der Waals surface area contributed by atoms with E-state index < -0.39 is 0 Å². The number of amides is 1. The van der Waals surface area contributed by atoms with Gasteiger partial charge in [-0.1, -0.05) is 6.92 Å². The second-order valence-electron chi connectivity index (χ2n) is 9.23. The Morgan fingerprint density at radius 2 is 2.19 bits per heavy atom. The van der Waals surface area contributed by atoms with Crippen LogP contribution in [0.25, 0.3) is 0 Å². The van der Waals surface area contributed by atoms with Crippen molar-refractivity contribution in [1.82, 2.24) is 20.1 Å².